The average Bonchev–Trinajstić information content (AvgIpc) is 2.77. The molecule has 1 aliphatic rings. The number of phenols is 1. The molecule has 0 aromatic heterocycles. The number of rotatable bonds is 4. The molecule has 5 heteroatoms. The van der Waals surface area contributed by atoms with Gasteiger partial charge in [-0.2, -0.15) is 0 Å². The predicted octanol–water partition coefficient (Wildman–Crippen LogP) is 1.53. The number of phenolic OH excluding ortho intramolecular Hbond substituents is 1. The first kappa shape index (κ1) is 14.0. The Morgan fingerprint density at radius 2 is 1.95 bits per heavy atom. The average molecular weight is 274 g/mol. The van der Waals surface area contributed by atoms with E-state index in [0.717, 1.165) is 0 Å². The quantitative estimate of drug-likeness (QED) is 0.665. The first-order chi connectivity index (χ1) is 9.52. The molecule has 2 rings (SSSR count). The van der Waals surface area contributed by atoms with Crippen LogP contribution in [0.25, 0.3) is 6.08 Å². The monoisotopic (exact) mass is 274 g/mol. The third-order valence-electron chi connectivity index (χ3n) is 3.19. The van der Waals surface area contributed by atoms with Gasteiger partial charge in [-0.15, -0.1) is 0 Å². The molecule has 0 radical (unpaired) electrons. The highest BCUT2D eigenvalue weighted by molar-refractivity contribution is 6.26. The third kappa shape index (κ3) is 2.77. The van der Waals surface area contributed by atoms with E-state index in [2.05, 4.69) is 0 Å². The van der Waals surface area contributed by atoms with Gasteiger partial charge in [0.2, 0.25) is 0 Å². The number of benzene rings is 1. The number of ketones is 3. The lowest BCUT2D eigenvalue weighted by Gasteiger charge is -2.04. The molecule has 0 spiro atoms. The molecule has 5 nitrogen and oxygen atoms in total. The van der Waals surface area contributed by atoms with Crippen LogP contribution in [-0.4, -0.2) is 29.6 Å². The zero-order valence-corrected chi connectivity index (χ0v) is 11.0. The highest BCUT2D eigenvalue weighted by Crippen LogP contribution is 2.27. The zero-order chi connectivity index (χ0) is 14.7. The van der Waals surface area contributed by atoms with Crippen LogP contribution in [0.1, 0.15) is 18.4 Å². The first-order valence-corrected chi connectivity index (χ1v) is 6.17. The van der Waals surface area contributed by atoms with Crippen LogP contribution in [0.3, 0.4) is 0 Å². The van der Waals surface area contributed by atoms with E-state index in [1.54, 1.807) is 12.1 Å². The number of ether oxygens (including phenoxy) is 1. The fourth-order valence-electron chi connectivity index (χ4n) is 2.10. The smallest absolute Gasteiger partial charge is 0.173 e. The van der Waals surface area contributed by atoms with Crippen molar-refractivity contribution in [3.8, 4) is 11.5 Å². The van der Waals surface area contributed by atoms with Gasteiger partial charge < -0.3 is 9.84 Å². The molecule has 20 heavy (non-hydrogen) atoms. The summed E-state index contributed by atoms with van der Waals surface area (Å²) in [6, 6.07) is 4.59. The lowest BCUT2D eigenvalue weighted by Crippen LogP contribution is -2.23. The van der Waals surface area contributed by atoms with Crippen LogP contribution in [0.15, 0.2) is 24.3 Å². The number of methoxy groups -OCH3 is 1. The number of aromatic hydroxyl groups is 1. The standard InChI is InChI=1S/C15H14O5/c1-20-14-8-9(2-4-10(14)16)3-5-11(17)15-12(18)6-7-13(15)19/h2-5,8,15-16H,6-7H2,1H3/b5-3+. The normalized spacial score (nSPS) is 16.1. The van der Waals surface area contributed by atoms with Crippen LogP contribution >= 0.6 is 0 Å². The molecule has 1 aromatic carbocycles. The molecule has 0 aliphatic heterocycles. The lowest BCUT2D eigenvalue weighted by atomic mass is 9.99. The highest BCUT2D eigenvalue weighted by Gasteiger charge is 2.37. The molecule has 1 N–H and O–H groups in total. The lowest BCUT2D eigenvalue weighted by molar-refractivity contribution is -0.133. The Balaban J connectivity index is 2.15. The van der Waals surface area contributed by atoms with Gasteiger partial charge in [-0.1, -0.05) is 12.1 Å². The Hall–Kier alpha value is -2.43. The summed E-state index contributed by atoms with van der Waals surface area (Å²) in [4.78, 5) is 34.8. The maximum Gasteiger partial charge on any atom is 0.173 e. The predicted molar refractivity (Wildman–Crippen MR) is 71.4 cm³/mol. The van der Waals surface area contributed by atoms with E-state index in [-0.39, 0.29) is 35.9 Å². The molecule has 0 bridgehead atoms. The van der Waals surface area contributed by atoms with Crippen molar-refractivity contribution >= 4 is 23.4 Å². The molecule has 1 saturated carbocycles. The molecule has 0 heterocycles. The molecule has 1 fully saturated rings. The second-order valence-electron chi connectivity index (χ2n) is 4.53. The summed E-state index contributed by atoms with van der Waals surface area (Å²) in [5.41, 5.74) is 0.630. The summed E-state index contributed by atoms with van der Waals surface area (Å²) >= 11 is 0. The van der Waals surface area contributed by atoms with Crippen molar-refractivity contribution in [3.63, 3.8) is 0 Å². The van der Waals surface area contributed by atoms with Crippen molar-refractivity contribution in [3.05, 3.63) is 29.8 Å². The molecule has 1 aliphatic carbocycles. The molecule has 104 valence electrons. The Morgan fingerprint density at radius 1 is 1.30 bits per heavy atom. The summed E-state index contributed by atoms with van der Waals surface area (Å²) in [6.45, 7) is 0. The van der Waals surface area contributed by atoms with Gasteiger partial charge in [-0.05, 0) is 23.8 Å². The number of allylic oxidation sites excluding steroid dienone is 1. The molecular weight excluding hydrogens is 260 g/mol. The van der Waals surface area contributed by atoms with Crippen LogP contribution in [0.5, 0.6) is 11.5 Å². The molecule has 0 amide bonds. The minimum absolute atomic E-state index is 0.00266. The molecule has 0 atom stereocenters. The topological polar surface area (TPSA) is 80.7 Å². The second kappa shape index (κ2) is 5.69. The Kier molecular flexibility index (Phi) is 3.98. The summed E-state index contributed by atoms with van der Waals surface area (Å²) in [7, 11) is 1.42. The van der Waals surface area contributed by atoms with Gasteiger partial charge in [-0.3, -0.25) is 14.4 Å². The first-order valence-electron chi connectivity index (χ1n) is 6.17. The largest absolute Gasteiger partial charge is 0.504 e. The van der Waals surface area contributed by atoms with Gasteiger partial charge in [0, 0.05) is 12.8 Å². The van der Waals surface area contributed by atoms with Gasteiger partial charge in [0.25, 0.3) is 0 Å². The zero-order valence-electron chi connectivity index (χ0n) is 11.0. The van der Waals surface area contributed by atoms with Crippen LogP contribution in [0, 0.1) is 5.92 Å². The van der Waals surface area contributed by atoms with E-state index < -0.39 is 11.7 Å². The summed E-state index contributed by atoms with van der Waals surface area (Å²) in [6.07, 6.45) is 3.01. The number of carbonyl (C=O) groups is 3. The Morgan fingerprint density at radius 3 is 2.55 bits per heavy atom. The van der Waals surface area contributed by atoms with E-state index in [0.29, 0.717) is 5.56 Å². The van der Waals surface area contributed by atoms with E-state index in [1.165, 1.54) is 25.3 Å². The van der Waals surface area contributed by atoms with Gasteiger partial charge >= 0.3 is 0 Å². The van der Waals surface area contributed by atoms with E-state index in [4.69, 9.17) is 4.74 Å². The minimum Gasteiger partial charge on any atom is -0.504 e. The van der Waals surface area contributed by atoms with Crippen molar-refractivity contribution in [2.24, 2.45) is 5.92 Å². The van der Waals surface area contributed by atoms with Crippen molar-refractivity contribution < 1.29 is 24.2 Å². The fraction of sp³-hybridized carbons (Fsp3) is 0.267. The third-order valence-corrected chi connectivity index (χ3v) is 3.19. The van der Waals surface area contributed by atoms with Crippen molar-refractivity contribution in [2.75, 3.05) is 7.11 Å². The Labute approximate surface area is 115 Å². The summed E-state index contributed by atoms with van der Waals surface area (Å²) < 4.78 is 4.95. The van der Waals surface area contributed by atoms with Gasteiger partial charge in [0.1, 0.15) is 5.92 Å². The van der Waals surface area contributed by atoms with Crippen LogP contribution < -0.4 is 4.74 Å². The van der Waals surface area contributed by atoms with Crippen LogP contribution in [0.2, 0.25) is 0 Å². The number of Topliss-reactive ketones (excluding diaryl/α,β-unsaturated/α-hetero) is 2. The highest BCUT2D eigenvalue weighted by atomic mass is 16.5. The number of carbonyl (C=O) groups excluding carboxylic acids is 3. The van der Waals surface area contributed by atoms with Crippen LogP contribution in [-0.2, 0) is 14.4 Å². The van der Waals surface area contributed by atoms with E-state index >= 15 is 0 Å². The number of hydrogen-bond acceptors (Lipinski definition) is 5. The maximum atomic E-state index is 11.9. The molecule has 0 unspecified atom stereocenters. The Bertz CT molecular complexity index is 584. The second-order valence-corrected chi connectivity index (χ2v) is 4.53. The van der Waals surface area contributed by atoms with Crippen molar-refractivity contribution in [2.45, 2.75) is 12.8 Å². The van der Waals surface area contributed by atoms with Gasteiger partial charge in [-0.25, -0.2) is 0 Å². The number of hydrogen-bond donors (Lipinski definition) is 1. The van der Waals surface area contributed by atoms with Gasteiger partial charge in [0.15, 0.2) is 28.8 Å². The molecular formula is C15H14O5. The maximum absolute atomic E-state index is 11.9. The van der Waals surface area contributed by atoms with Crippen molar-refractivity contribution in [1.29, 1.82) is 0 Å². The van der Waals surface area contributed by atoms with Crippen LogP contribution in [0.4, 0.5) is 0 Å². The summed E-state index contributed by atoms with van der Waals surface area (Å²) in [5.74, 6) is -1.97. The molecule has 0 saturated heterocycles. The molecule has 1 aromatic rings. The van der Waals surface area contributed by atoms with E-state index in [1.807, 2.05) is 0 Å². The SMILES string of the molecule is COc1cc(/C=C/C(=O)C2C(=O)CCC2=O)ccc1O. The van der Waals surface area contributed by atoms with Crippen molar-refractivity contribution in [1.82, 2.24) is 0 Å². The summed E-state index contributed by atoms with van der Waals surface area (Å²) in [5, 5.41) is 9.45. The van der Waals surface area contributed by atoms with E-state index in [9.17, 15) is 19.5 Å². The fourth-order valence-corrected chi connectivity index (χ4v) is 2.10. The van der Waals surface area contributed by atoms with Gasteiger partial charge in [0.05, 0.1) is 7.11 Å². The minimum atomic E-state index is -1.13.